The second-order valence-electron chi connectivity index (χ2n) is 5.76. The van der Waals surface area contributed by atoms with Crippen molar-refractivity contribution in [1.82, 2.24) is 0 Å². The normalized spacial score (nSPS) is 14.0. The lowest BCUT2D eigenvalue weighted by atomic mass is 9.96. The lowest BCUT2D eigenvalue weighted by molar-refractivity contribution is 0.311. The Hall–Kier alpha value is -2.62. The Morgan fingerprint density at radius 2 is 1.75 bits per heavy atom. The molecule has 0 bridgehead atoms. The van der Waals surface area contributed by atoms with Gasteiger partial charge in [0.25, 0.3) is 0 Å². The van der Waals surface area contributed by atoms with Crippen LogP contribution < -0.4 is 19.1 Å². The summed E-state index contributed by atoms with van der Waals surface area (Å²) in [5.74, 6) is 2.48. The number of likely N-dealkylation sites (N-methyl/N-ethyl adjacent to an activating group) is 1. The van der Waals surface area contributed by atoms with Crippen molar-refractivity contribution >= 4 is 11.3 Å². The van der Waals surface area contributed by atoms with Gasteiger partial charge in [-0.25, -0.2) is 0 Å². The molecule has 0 amide bonds. The second-order valence-corrected chi connectivity index (χ2v) is 5.76. The fourth-order valence-electron chi connectivity index (χ4n) is 2.99. The number of nitrogens with zero attached hydrogens (tertiary/aromatic N) is 1. The summed E-state index contributed by atoms with van der Waals surface area (Å²) in [7, 11) is 5.41. The van der Waals surface area contributed by atoms with Crippen molar-refractivity contribution in [3.05, 3.63) is 53.6 Å². The minimum atomic E-state index is 0.713. The van der Waals surface area contributed by atoms with Crippen molar-refractivity contribution in [2.75, 3.05) is 39.3 Å². The summed E-state index contributed by atoms with van der Waals surface area (Å²) < 4.78 is 16.6. The number of benzene rings is 2. The van der Waals surface area contributed by atoms with E-state index in [1.807, 2.05) is 25.1 Å². The van der Waals surface area contributed by atoms with Gasteiger partial charge in [-0.1, -0.05) is 12.1 Å². The van der Waals surface area contributed by atoms with Crippen LogP contribution in [0, 0.1) is 0 Å². The van der Waals surface area contributed by atoms with Crippen molar-refractivity contribution in [2.45, 2.75) is 6.92 Å². The zero-order chi connectivity index (χ0) is 17.1. The molecule has 1 aliphatic heterocycles. The summed E-state index contributed by atoms with van der Waals surface area (Å²) in [4.78, 5) is 2.21. The molecule has 0 spiro atoms. The van der Waals surface area contributed by atoms with Crippen LogP contribution in [0.25, 0.3) is 5.57 Å². The van der Waals surface area contributed by atoms with Crippen LogP contribution in [0.5, 0.6) is 17.2 Å². The molecule has 2 aromatic carbocycles. The summed E-state index contributed by atoms with van der Waals surface area (Å²) in [6, 6.07) is 12.3. The van der Waals surface area contributed by atoms with Gasteiger partial charge in [0.15, 0.2) is 0 Å². The molecule has 0 radical (unpaired) electrons. The summed E-state index contributed by atoms with van der Waals surface area (Å²) in [6.07, 6.45) is 2.10. The molecule has 0 fully saturated rings. The monoisotopic (exact) mass is 325 g/mol. The maximum Gasteiger partial charge on any atom is 0.143 e. The van der Waals surface area contributed by atoms with E-state index in [2.05, 4.69) is 36.2 Å². The van der Waals surface area contributed by atoms with Crippen LogP contribution in [0.15, 0.2) is 42.5 Å². The Morgan fingerprint density at radius 3 is 2.38 bits per heavy atom. The molecule has 0 unspecified atom stereocenters. The van der Waals surface area contributed by atoms with Crippen LogP contribution in [-0.2, 0) is 0 Å². The van der Waals surface area contributed by atoms with Gasteiger partial charge in [-0.2, -0.15) is 0 Å². The number of rotatable bonds is 4. The molecule has 24 heavy (non-hydrogen) atoms. The number of fused-ring (bicyclic) bond motifs is 1. The Morgan fingerprint density at radius 1 is 1.04 bits per heavy atom. The lowest BCUT2D eigenvalue weighted by Crippen LogP contribution is -2.28. The van der Waals surface area contributed by atoms with E-state index in [0.29, 0.717) is 6.61 Å². The molecule has 2 aromatic rings. The molecule has 1 aliphatic rings. The highest BCUT2D eigenvalue weighted by Gasteiger charge is 2.17. The summed E-state index contributed by atoms with van der Waals surface area (Å²) in [6.45, 7) is 3.66. The first-order valence-corrected chi connectivity index (χ1v) is 8.04. The minimum Gasteiger partial charge on any atom is -0.497 e. The largest absolute Gasteiger partial charge is 0.497 e. The molecule has 4 nitrogen and oxygen atoms in total. The van der Waals surface area contributed by atoms with Crippen molar-refractivity contribution in [3.63, 3.8) is 0 Å². The third-order valence-corrected chi connectivity index (χ3v) is 4.32. The average molecular weight is 325 g/mol. The summed E-state index contributed by atoms with van der Waals surface area (Å²) in [5, 5.41) is 0. The fourth-order valence-corrected chi connectivity index (χ4v) is 2.99. The Kier molecular flexibility index (Phi) is 4.65. The van der Waals surface area contributed by atoms with Gasteiger partial charge in [-0.3, -0.25) is 0 Å². The van der Waals surface area contributed by atoms with Gasteiger partial charge in [-0.15, -0.1) is 0 Å². The predicted molar refractivity (Wildman–Crippen MR) is 97.5 cm³/mol. The molecular formula is C20H23NO3. The number of hydrogen-bond donors (Lipinski definition) is 0. The van der Waals surface area contributed by atoms with E-state index in [0.717, 1.165) is 46.2 Å². The third-order valence-electron chi connectivity index (χ3n) is 4.32. The smallest absolute Gasteiger partial charge is 0.143 e. The van der Waals surface area contributed by atoms with Gasteiger partial charge >= 0.3 is 0 Å². The van der Waals surface area contributed by atoms with E-state index >= 15 is 0 Å². The van der Waals surface area contributed by atoms with Crippen LogP contribution in [0.2, 0.25) is 0 Å². The minimum absolute atomic E-state index is 0.713. The SMILES string of the molecule is C/C=C(/c1cc(OC)cc(OC)c1)c1ccc2c(c1)OCCN2C. The van der Waals surface area contributed by atoms with E-state index in [4.69, 9.17) is 14.2 Å². The zero-order valence-electron chi connectivity index (χ0n) is 14.6. The molecule has 0 saturated carbocycles. The number of anilines is 1. The number of ether oxygens (including phenoxy) is 3. The van der Waals surface area contributed by atoms with E-state index in [9.17, 15) is 0 Å². The van der Waals surface area contributed by atoms with Gasteiger partial charge in [0, 0.05) is 13.1 Å². The number of allylic oxidation sites excluding steroid dienone is 1. The molecule has 4 heteroatoms. The first-order valence-electron chi connectivity index (χ1n) is 8.04. The summed E-state index contributed by atoms with van der Waals surface area (Å²) in [5.41, 5.74) is 4.41. The van der Waals surface area contributed by atoms with E-state index in [-0.39, 0.29) is 0 Å². The predicted octanol–water partition coefficient (Wildman–Crippen LogP) is 3.98. The highest BCUT2D eigenvalue weighted by atomic mass is 16.5. The standard InChI is InChI=1S/C20H23NO3/c1-5-18(15-10-16(22-3)13-17(11-15)23-4)14-6-7-19-20(12-14)24-9-8-21(19)2/h5-7,10-13H,8-9H2,1-4H3/b18-5+. The molecule has 1 heterocycles. The van der Waals surface area contributed by atoms with Gasteiger partial charge in [0.05, 0.1) is 26.5 Å². The topological polar surface area (TPSA) is 30.9 Å². The molecule has 0 aliphatic carbocycles. The zero-order valence-corrected chi connectivity index (χ0v) is 14.6. The quantitative estimate of drug-likeness (QED) is 0.851. The van der Waals surface area contributed by atoms with Gasteiger partial charge in [0.2, 0.25) is 0 Å². The van der Waals surface area contributed by atoms with Crippen LogP contribution in [0.1, 0.15) is 18.1 Å². The molecule has 3 rings (SSSR count). The first kappa shape index (κ1) is 16.2. The van der Waals surface area contributed by atoms with Crippen LogP contribution >= 0.6 is 0 Å². The maximum atomic E-state index is 5.84. The molecule has 0 N–H and O–H groups in total. The highest BCUT2D eigenvalue weighted by molar-refractivity contribution is 5.83. The molecule has 0 saturated heterocycles. The lowest BCUT2D eigenvalue weighted by Gasteiger charge is -2.28. The maximum absolute atomic E-state index is 5.84. The van der Waals surface area contributed by atoms with Gasteiger partial charge < -0.3 is 19.1 Å². The fraction of sp³-hybridized carbons (Fsp3) is 0.300. The molecule has 126 valence electrons. The van der Waals surface area contributed by atoms with E-state index in [1.165, 1.54) is 0 Å². The van der Waals surface area contributed by atoms with Gasteiger partial charge in [-0.05, 0) is 47.9 Å². The first-order chi connectivity index (χ1) is 11.7. The Labute approximate surface area is 143 Å². The molecule has 0 atom stereocenters. The van der Waals surface area contributed by atoms with E-state index < -0.39 is 0 Å². The van der Waals surface area contributed by atoms with Crippen LogP contribution in [0.3, 0.4) is 0 Å². The Balaban J connectivity index is 2.04. The van der Waals surface area contributed by atoms with Crippen molar-refractivity contribution in [1.29, 1.82) is 0 Å². The Bertz CT molecular complexity index is 745. The van der Waals surface area contributed by atoms with E-state index in [1.54, 1.807) is 14.2 Å². The highest BCUT2D eigenvalue weighted by Crippen LogP contribution is 2.36. The van der Waals surface area contributed by atoms with Crippen LogP contribution in [0.4, 0.5) is 5.69 Å². The average Bonchev–Trinajstić information content (AvgIpc) is 2.62. The second kappa shape index (κ2) is 6.87. The third kappa shape index (κ3) is 3.04. The number of methoxy groups -OCH3 is 2. The van der Waals surface area contributed by atoms with Crippen molar-refractivity contribution in [2.24, 2.45) is 0 Å². The van der Waals surface area contributed by atoms with Crippen LogP contribution in [-0.4, -0.2) is 34.4 Å². The molecular weight excluding hydrogens is 302 g/mol. The van der Waals surface area contributed by atoms with Crippen molar-refractivity contribution < 1.29 is 14.2 Å². The molecule has 0 aromatic heterocycles. The van der Waals surface area contributed by atoms with Gasteiger partial charge in [0.1, 0.15) is 23.9 Å². The number of hydrogen-bond acceptors (Lipinski definition) is 4. The van der Waals surface area contributed by atoms with Crippen molar-refractivity contribution in [3.8, 4) is 17.2 Å². The summed E-state index contributed by atoms with van der Waals surface area (Å²) >= 11 is 0.